The number of carbonyl (C=O) groups is 2. The Morgan fingerprint density at radius 3 is 2.55 bits per heavy atom. The van der Waals surface area contributed by atoms with E-state index < -0.39 is 28.5 Å². The first kappa shape index (κ1) is 21.3. The van der Waals surface area contributed by atoms with E-state index in [1.165, 1.54) is 22.5 Å². The zero-order chi connectivity index (χ0) is 21.0. The van der Waals surface area contributed by atoms with Crippen molar-refractivity contribution in [3.63, 3.8) is 0 Å². The summed E-state index contributed by atoms with van der Waals surface area (Å²) in [5.74, 6) is -1.30. The van der Waals surface area contributed by atoms with Crippen LogP contribution in [0.25, 0.3) is 0 Å². The molecule has 1 saturated heterocycles. The summed E-state index contributed by atoms with van der Waals surface area (Å²) in [5, 5.41) is 2.66. The summed E-state index contributed by atoms with van der Waals surface area (Å²) >= 11 is 6.07. The third kappa shape index (κ3) is 5.14. The molecule has 1 fully saturated rings. The number of rotatable bonds is 6. The van der Waals surface area contributed by atoms with Crippen molar-refractivity contribution in [2.75, 3.05) is 25.0 Å². The van der Waals surface area contributed by atoms with Crippen LogP contribution in [-0.4, -0.2) is 44.3 Å². The molecule has 0 spiro atoms. The second kappa shape index (κ2) is 8.94. The lowest BCUT2D eigenvalue weighted by Crippen LogP contribution is -2.28. The molecule has 9 heteroatoms. The van der Waals surface area contributed by atoms with Gasteiger partial charge in [0, 0.05) is 18.8 Å². The molecule has 1 N–H and O–H groups in total. The maximum absolute atomic E-state index is 12.8. The summed E-state index contributed by atoms with van der Waals surface area (Å²) in [4.78, 5) is 24.2. The lowest BCUT2D eigenvalue weighted by molar-refractivity contribution is -0.119. The van der Waals surface area contributed by atoms with Crippen LogP contribution >= 0.6 is 11.6 Å². The number of nitrogens with zero attached hydrogens (tertiary/aromatic N) is 1. The molecule has 0 atom stereocenters. The predicted octanol–water partition coefficient (Wildman–Crippen LogP) is 3.23. The maximum atomic E-state index is 12.8. The molecule has 3 rings (SSSR count). The van der Waals surface area contributed by atoms with E-state index in [-0.39, 0.29) is 15.5 Å². The van der Waals surface area contributed by atoms with Gasteiger partial charge in [0.05, 0.1) is 10.6 Å². The summed E-state index contributed by atoms with van der Waals surface area (Å²) in [7, 11) is -3.79. The maximum Gasteiger partial charge on any atom is 0.338 e. The van der Waals surface area contributed by atoms with Gasteiger partial charge in [-0.25, -0.2) is 13.2 Å². The van der Waals surface area contributed by atoms with Gasteiger partial charge < -0.3 is 10.1 Å². The van der Waals surface area contributed by atoms with Crippen LogP contribution in [0.5, 0.6) is 0 Å². The van der Waals surface area contributed by atoms with Gasteiger partial charge in [0.25, 0.3) is 5.91 Å². The van der Waals surface area contributed by atoms with Crippen LogP contribution in [0.4, 0.5) is 5.69 Å². The highest BCUT2D eigenvalue weighted by molar-refractivity contribution is 7.89. The van der Waals surface area contributed by atoms with E-state index in [1.807, 2.05) is 13.0 Å². The standard InChI is InChI=1S/C20H21ClN2O5S/c1-14-5-4-6-16(11-14)22-19(24)13-28-20(25)15-7-8-17(21)18(12-15)29(26,27)23-9-2-3-10-23/h4-8,11-12H,2-3,9-10,13H2,1H3,(H,22,24). The molecule has 0 unspecified atom stereocenters. The Morgan fingerprint density at radius 1 is 1.14 bits per heavy atom. The SMILES string of the molecule is Cc1cccc(NC(=O)COC(=O)c2ccc(Cl)c(S(=O)(=O)N3CCCC3)c2)c1. The fourth-order valence-electron chi connectivity index (χ4n) is 3.03. The molecule has 1 heterocycles. The molecule has 0 aromatic heterocycles. The Hall–Kier alpha value is -2.42. The van der Waals surface area contributed by atoms with Crippen molar-refractivity contribution >= 4 is 39.2 Å². The van der Waals surface area contributed by atoms with Gasteiger partial charge in [-0.15, -0.1) is 0 Å². The average molecular weight is 437 g/mol. The van der Waals surface area contributed by atoms with Crippen molar-refractivity contribution in [2.45, 2.75) is 24.7 Å². The minimum atomic E-state index is -3.79. The molecule has 0 saturated carbocycles. The topological polar surface area (TPSA) is 92.8 Å². The van der Waals surface area contributed by atoms with Gasteiger partial charge in [-0.2, -0.15) is 4.31 Å². The van der Waals surface area contributed by atoms with Crippen molar-refractivity contribution in [1.82, 2.24) is 4.31 Å². The highest BCUT2D eigenvalue weighted by Crippen LogP contribution is 2.28. The Morgan fingerprint density at radius 2 is 1.86 bits per heavy atom. The van der Waals surface area contributed by atoms with Crippen LogP contribution in [0.2, 0.25) is 5.02 Å². The van der Waals surface area contributed by atoms with Gasteiger partial charge in [-0.3, -0.25) is 4.79 Å². The number of ether oxygens (including phenoxy) is 1. The number of aryl methyl sites for hydroxylation is 1. The molecule has 0 radical (unpaired) electrons. The minimum Gasteiger partial charge on any atom is -0.452 e. The van der Waals surface area contributed by atoms with Gasteiger partial charge in [0.15, 0.2) is 6.61 Å². The van der Waals surface area contributed by atoms with E-state index >= 15 is 0 Å². The number of benzene rings is 2. The first-order chi connectivity index (χ1) is 13.8. The number of carbonyl (C=O) groups excluding carboxylic acids is 2. The third-order valence-electron chi connectivity index (χ3n) is 4.49. The number of esters is 1. The molecule has 29 heavy (non-hydrogen) atoms. The van der Waals surface area contributed by atoms with Crippen LogP contribution < -0.4 is 5.32 Å². The van der Waals surface area contributed by atoms with Gasteiger partial charge in [0.2, 0.25) is 10.0 Å². The van der Waals surface area contributed by atoms with Crippen molar-refractivity contribution in [2.24, 2.45) is 0 Å². The molecule has 2 aromatic rings. The Kier molecular flexibility index (Phi) is 6.56. The molecule has 1 amide bonds. The summed E-state index contributed by atoms with van der Waals surface area (Å²) < 4.78 is 31.9. The lowest BCUT2D eigenvalue weighted by atomic mass is 10.2. The number of hydrogen-bond donors (Lipinski definition) is 1. The minimum absolute atomic E-state index is 0.00975. The summed E-state index contributed by atoms with van der Waals surface area (Å²) in [5.41, 5.74) is 1.58. The van der Waals surface area contributed by atoms with Crippen LogP contribution in [0.3, 0.4) is 0 Å². The van der Waals surface area contributed by atoms with Crippen molar-refractivity contribution in [1.29, 1.82) is 0 Å². The zero-order valence-corrected chi connectivity index (χ0v) is 17.4. The summed E-state index contributed by atoms with van der Waals surface area (Å²) in [6.45, 7) is 2.24. The van der Waals surface area contributed by atoms with Crippen LogP contribution in [-0.2, 0) is 19.6 Å². The number of halogens is 1. The van der Waals surface area contributed by atoms with Gasteiger partial charge in [-0.1, -0.05) is 23.7 Å². The van der Waals surface area contributed by atoms with Crippen molar-refractivity contribution in [3.8, 4) is 0 Å². The Bertz CT molecular complexity index is 1030. The van der Waals surface area contributed by atoms with E-state index in [0.717, 1.165) is 18.4 Å². The number of sulfonamides is 1. The molecular formula is C20H21ClN2O5S. The Balaban J connectivity index is 1.67. The average Bonchev–Trinajstić information content (AvgIpc) is 3.22. The first-order valence-corrected chi connectivity index (χ1v) is 10.9. The molecule has 0 aliphatic carbocycles. The lowest BCUT2D eigenvalue weighted by Gasteiger charge is -2.17. The first-order valence-electron chi connectivity index (χ1n) is 9.11. The highest BCUT2D eigenvalue weighted by Gasteiger charge is 2.30. The normalized spacial score (nSPS) is 14.6. The van der Waals surface area contributed by atoms with Crippen LogP contribution in [0.1, 0.15) is 28.8 Å². The van der Waals surface area contributed by atoms with Gasteiger partial charge in [-0.05, 0) is 55.7 Å². The van der Waals surface area contributed by atoms with E-state index in [4.69, 9.17) is 16.3 Å². The summed E-state index contributed by atoms with van der Waals surface area (Å²) in [6.07, 6.45) is 1.57. The highest BCUT2D eigenvalue weighted by atomic mass is 35.5. The van der Waals surface area contributed by atoms with Gasteiger partial charge >= 0.3 is 5.97 Å². The fourth-order valence-corrected chi connectivity index (χ4v) is 5.05. The molecule has 7 nitrogen and oxygen atoms in total. The number of hydrogen-bond acceptors (Lipinski definition) is 5. The molecule has 0 bridgehead atoms. The van der Waals surface area contributed by atoms with Crippen LogP contribution in [0, 0.1) is 6.92 Å². The molecule has 2 aromatic carbocycles. The molecule has 1 aliphatic heterocycles. The van der Waals surface area contributed by atoms with E-state index in [0.29, 0.717) is 18.8 Å². The predicted molar refractivity (Wildman–Crippen MR) is 110 cm³/mol. The Labute approximate surface area is 174 Å². The van der Waals surface area contributed by atoms with E-state index in [2.05, 4.69) is 5.32 Å². The smallest absolute Gasteiger partial charge is 0.338 e. The van der Waals surface area contributed by atoms with E-state index in [9.17, 15) is 18.0 Å². The fraction of sp³-hybridized carbons (Fsp3) is 0.300. The van der Waals surface area contributed by atoms with Crippen molar-refractivity contribution < 1.29 is 22.7 Å². The van der Waals surface area contributed by atoms with Crippen molar-refractivity contribution in [3.05, 3.63) is 58.6 Å². The molecular weight excluding hydrogens is 416 g/mol. The van der Waals surface area contributed by atoms with E-state index in [1.54, 1.807) is 18.2 Å². The second-order valence-electron chi connectivity index (χ2n) is 6.75. The molecule has 154 valence electrons. The third-order valence-corrected chi connectivity index (χ3v) is 6.87. The van der Waals surface area contributed by atoms with Crippen LogP contribution in [0.15, 0.2) is 47.4 Å². The second-order valence-corrected chi connectivity index (χ2v) is 9.06. The molecule has 1 aliphatic rings. The number of amides is 1. The summed E-state index contributed by atoms with van der Waals surface area (Å²) in [6, 6.07) is 11.1. The largest absolute Gasteiger partial charge is 0.452 e. The number of nitrogens with one attached hydrogen (secondary N) is 1. The van der Waals surface area contributed by atoms with Gasteiger partial charge in [0.1, 0.15) is 4.90 Å². The monoisotopic (exact) mass is 436 g/mol. The quantitative estimate of drug-likeness (QED) is 0.702. The number of anilines is 1. The zero-order valence-electron chi connectivity index (χ0n) is 15.9.